The van der Waals surface area contributed by atoms with Gasteiger partial charge in [0.15, 0.2) is 0 Å². The van der Waals surface area contributed by atoms with E-state index in [4.69, 9.17) is 4.98 Å². The zero-order chi connectivity index (χ0) is 17.2. The molecule has 5 heteroatoms. The van der Waals surface area contributed by atoms with Crippen molar-refractivity contribution in [3.8, 4) is 5.82 Å². The SMILES string of the molecule is Cc1cc(-n2cnc3ccccc32)nc(N[C@@H](C)c2ccccc2)n1. The van der Waals surface area contributed by atoms with Gasteiger partial charge in [-0.1, -0.05) is 42.5 Å². The third-order valence-electron chi connectivity index (χ3n) is 4.19. The monoisotopic (exact) mass is 329 g/mol. The van der Waals surface area contributed by atoms with E-state index in [1.54, 1.807) is 6.33 Å². The summed E-state index contributed by atoms with van der Waals surface area (Å²) in [4.78, 5) is 13.7. The number of aromatic nitrogens is 4. The van der Waals surface area contributed by atoms with Gasteiger partial charge in [0.1, 0.15) is 12.1 Å². The summed E-state index contributed by atoms with van der Waals surface area (Å²) in [5, 5.41) is 3.39. The molecule has 1 atom stereocenters. The number of hydrogen-bond acceptors (Lipinski definition) is 4. The van der Waals surface area contributed by atoms with Gasteiger partial charge in [-0.2, -0.15) is 4.98 Å². The minimum absolute atomic E-state index is 0.121. The number of benzene rings is 2. The number of fused-ring (bicyclic) bond motifs is 1. The zero-order valence-electron chi connectivity index (χ0n) is 14.2. The summed E-state index contributed by atoms with van der Waals surface area (Å²) >= 11 is 0. The average molecular weight is 329 g/mol. The van der Waals surface area contributed by atoms with Gasteiger partial charge in [-0.3, -0.25) is 4.57 Å². The number of nitrogens with zero attached hydrogens (tertiary/aromatic N) is 4. The largest absolute Gasteiger partial charge is 0.348 e. The van der Waals surface area contributed by atoms with Crippen LogP contribution in [0.1, 0.15) is 24.2 Å². The molecule has 0 radical (unpaired) electrons. The molecule has 0 bridgehead atoms. The first-order valence-corrected chi connectivity index (χ1v) is 8.30. The van der Waals surface area contributed by atoms with Crippen LogP contribution < -0.4 is 5.32 Å². The molecule has 2 heterocycles. The molecular weight excluding hydrogens is 310 g/mol. The molecule has 0 saturated carbocycles. The molecule has 0 fully saturated rings. The van der Waals surface area contributed by atoms with Crippen LogP contribution >= 0.6 is 0 Å². The number of rotatable bonds is 4. The molecule has 0 aliphatic carbocycles. The van der Waals surface area contributed by atoms with E-state index in [0.29, 0.717) is 5.95 Å². The average Bonchev–Trinajstić information content (AvgIpc) is 3.06. The molecule has 0 saturated heterocycles. The first kappa shape index (κ1) is 15.3. The van der Waals surface area contributed by atoms with Crippen molar-refractivity contribution in [3.05, 3.63) is 78.2 Å². The van der Waals surface area contributed by atoms with Crippen LogP contribution in [-0.4, -0.2) is 19.5 Å². The maximum Gasteiger partial charge on any atom is 0.225 e. The van der Waals surface area contributed by atoms with Crippen molar-refractivity contribution in [2.24, 2.45) is 0 Å². The lowest BCUT2D eigenvalue weighted by Gasteiger charge is -2.15. The van der Waals surface area contributed by atoms with Crippen molar-refractivity contribution in [2.45, 2.75) is 19.9 Å². The molecule has 0 spiro atoms. The van der Waals surface area contributed by atoms with E-state index in [-0.39, 0.29) is 6.04 Å². The molecule has 2 aromatic carbocycles. The Morgan fingerprint density at radius 2 is 1.72 bits per heavy atom. The zero-order valence-corrected chi connectivity index (χ0v) is 14.2. The predicted octanol–water partition coefficient (Wildman–Crippen LogP) is 4.30. The smallest absolute Gasteiger partial charge is 0.225 e. The molecule has 124 valence electrons. The Kier molecular flexibility index (Phi) is 3.90. The van der Waals surface area contributed by atoms with E-state index in [0.717, 1.165) is 22.5 Å². The lowest BCUT2D eigenvalue weighted by molar-refractivity contribution is 0.850. The number of hydrogen-bond donors (Lipinski definition) is 1. The first-order valence-electron chi connectivity index (χ1n) is 8.30. The highest BCUT2D eigenvalue weighted by atomic mass is 15.2. The van der Waals surface area contributed by atoms with Crippen molar-refractivity contribution in [3.63, 3.8) is 0 Å². The third kappa shape index (κ3) is 3.08. The fourth-order valence-electron chi connectivity index (χ4n) is 2.90. The van der Waals surface area contributed by atoms with Crippen molar-refractivity contribution in [2.75, 3.05) is 5.32 Å². The van der Waals surface area contributed by atoms with E-state index in [9.17, 15) is 0 Å². The van der Waals surface area contributed by atoms with Gasteiger partial charge in [-0.05, 0) is 31.5 Å². The number of para-hydroxylation sites is 2. The van der Waals surface area contributed by atoms with E-state index < -0.39 is 0 Å². The summed E-state index contributed by atoms with van der Waals surface area (Å²) in [6.07, 6.45) is 1.80. The van der Waals surface area contributed by atoms with Gasteiger partial charge in [-0.25, -0.2) is 9.97 Å². The van der Waals surface area contributed by atoms with E-state index in [1.165, 1.54) is 5.56 Å². The molecule has 0 unspecified atom stereocenters. The molecule has 1 N–H and O–H groups in total. The second-order valence-corrected chi connectivity index (χ2v) is 6.07. The Bertz CT molecular complexity index is 1010. The van der Waals surface area contributed by atoms with Gasteiger partial charge < -0.3 is 5.32 Å². The molecule has 4 rings (SSSR count). The van der Waals surface area contributed by atoms with Crippen molar-refractivity contribution < 1.29 is 0 Å². The second kappa shape index (κ2) is 6.36. The predicted molar refractivity (Wildman–Crippen MR) is 99.9 cm³/mol. The van der Waals surface area contributed by atoms with Crippen LogP contribution in [0.4, 0.5) is 5.95 Å². The Morgan fingerprint density at radius 1 is 0.960 bits per heavy atom. The Hall–Kier alpha value is -3.21. The molecule has 0 amide bonds. The standard InChI is InChI=1S/C20H19N5/c1-14-12-19(25-13-21-17-10-6-7-11-18(17)25)24-20(22-14)23-15(2)16-8-4-3-5-9-16/h3-13,15H,1-2H3,(H,22,23,24)/t15-/m0/s1. The fraction of sp³-hybridized carbons (Fsp3) is 0.150. The molecule has 2 aromatic heterocycles. The van der Waals surface area contributed by atoms with Crippen molar-refractivity contribution >= 4 is 17.0 Å². The molecular formula is C20H19N5. The maximum absolute atomic E-state index is 4.69. The molecule has 5 nitrogen and oxygen atoms in total. The summed E-state index contributed by atoms with van der Waals surface area (Å²) in [7, 11) is 0. The van der Waals surface area contributed by atoms with Gasteiger partial charge in [0.25, 0.3) is 0 Å². The lowest BCUT2D eigenvalue weighted by atomic mass is 10.1. The molecule has 0 aliphatic rings. The number of imidazole rings is 1. The summed E-state index contributed by atoms with van der Waals surface area (Å²) in [5.74, 6) is 1.42. The van der Waals surface area contributed by atoms with Crippen LogP contribution in [0.15, 0.2) is 67.0 Å². The van der Waals surface area contributed by atoms with Gasteiger partial charge in [0.2, 0.25) is 5.95 Å². The summed E-state index contributed by atoms with van der Waals surface area (Å²) in [6.45, 7) is 4.08. The fourth-order valence-corrected chi connectivity index (χ4v) is 2.90. The minimum Gasteiger partial charge on any atom is -0.348 e. The van der Waals surface area contributed by atoms with Crippen LogP contribution in [0.2, 0.25) is 0 Å². The van der Waals surface area contributed by atoms with E-state index >= 15 is 0 Å². The van der Waals surface area contributed by atoms with Crippen LogP contribution in [0.5, 0.6) is 0 Å². The summed E-state index contributed by atoms with van der Waals surface area (Å²) in [5.41, 5.74) is 4.08. The quantitative estimate of drug-likeness (QED) is 0.606. The van der Waals surface area contributed by atoms with Gasteiger partial charge in [0, 0.05) is 11.8 Å². The van der Waals surface area contributed by atoms with Crippen LogP contribution in [0.3, 0.4) is 0 Å². The van der Waals surface area contributed by atoms with Crippen LogP contribution in [0.25, 0.3) is 16.9 Å². The number of aryl methyl sites for hydroxylation is 1. The van der Waals surface area contributed by atoms with Gasteiger partial charge in [-0.15, -0.1) is 0 Å². The van der Waals surface area contributed by atoms with Crippen molar-refractivity contribution in [1.82, 2.24) is 19.5 Å². The molecule has 0 aliphatic heterocycles. The highest BCUT2D eigenvalue weighted by molar-refractivity contribution is 5.76. The summed E-state index contributed by atoms with van der Waals surface area (Å²) in [6, 6.07) is 20.4. The van der Waals surface area contributed by atoms with Crippen LogP contribution in [-0.2, 0) is 0 Å². The highest BCUT2D eigenvalue weighted by Crippen LogP contribution is 2.20. The Labute approximate surface area is 146 Å². The minimum atomic E-state index is 0.121. The molecule has 25 heavy (non-hydrogen) atoms. The number of anilines is 1. The van der Waals surface area contributed by atoms with Crippen LogP contribution in [0, 0.1) is 6.92 Å². The number of nitrogens with one attached hydrogen (secondary N) is 1. The van der Waals surface area contributed by atoms with Gasteiger partial charge in [0.05, 0.1) is 17.1 Å². The Morgan fingerprint density at radius 3 is 2.56 bits per heavy atom. The third-order valence-corrected chi connectivity index (χ3v) is 4.19. The maximum atomic E-state index is 4.69. The highest BCUT2D eigenvalue weighted by Gasteiger charge is 2.11. The van der Waals surface area contributed by atoms with E-state index in [1.807, 2.05) is 60.0 Å². The topological polar surface area (TPSA) is 55.6 Å². The lowest BCUT2D eigenvalue weighted by Crippen LogP contribution is -2.11. The molecule has 4 aromatic rings. The summed E-state index contributed by atoms with van der Waals surface area (Å²) < 4.78 is 1.99. The first-order chi connectivity index (χ1) is 12.2. The normalized spacial score (nSPS) is 12.2. The second-order valence-electron chi connectivity index (χ2n) is 6.07. The Balaban J connectivity index is 1.69. The van der Waals surface area contributed by atoms with Gasteiger partial charge >= 0.3 is 0 Å². The van der Waals surface area contributed by atoms with E-state index in [2.05, 4.69) is 34.3 Å². The van der Waals surface area contributed by atoms with Crippen molar-refractivity contribution in [1.29, 1.82) is 0 Å².